The highest BCUT2D eigenvalue weighted by atomic mass is 35.5. The summed E-state index contributed by atoms with van der Waals surface area (Å²) in [6, 6.07) is 3.53. The van der Waals surface area contributed by atoms with Crippen LogP contribution in [0.15, 0.2) is 12.1 Å². The van der Waals surface area contributed by atoms with Gasteiger partial charge < -0.3 is 14.6 Å². The van der Waals surface area contributed by atoms with Crippen LogP contribution in [0.1, 0.15) is 26.3 Å². The number of rotatable bonds is 5. The van der Waals surface area contributed by atoms with E-state index in [0.29, 0.717) is 23.1 Å². The zero-order chi connectivity index (χ0) is 13.1. The van der Waals surface area contributed by atoms with Gasteiger partial charge in [-0.2, -0.15) is 0 Å². The number of methoxy groups -OCH3 is 1. The third-order valence-corrected chi connectivity index (χ3v) is 2.97. The van der Waals surface area contributed by atoms with E-state index >= 15 is 0 Å². The van der Waals surface area contributed by atoms with Crippen molar-refractivity contribution in [3.05, 3.63) is 22.7 Å². The lowest BCUT2D eigenvalue weighted by molar-refractivity contribution is 0.211. The van der Waals surface area contributed by atoms with Crippen LogP contribution in [-0.2, 0) is 5.41 Å². The molecule has 0 bridgehead atoms. The van der Waals surface area contributed by atoms with Crippen LogP contribution in [0.2, 0.25) is 5.02 Å². The van der Waals surface area contributed by atoms with Crippen LogP contribution in [0, 0.1) is 0 Å². The molecule has 0 heterocycles. The molecule has 0 aromatic heterocycles. The van der Waals surface area contributed by atoms with Crippen molar-refractivity contribution < 1.29 is 14.6 Å². The standard InChI is InChI=1S/C13H19ClO3/c1-5-17-12-10(16-4)7-6-9(14)11(12)13(2,3)8-15/h6-7,15H,5,8H2,1-4H3. The van der Waals surface area contributed by atoms with E-state index in [9.17, 15) is 5.11 Å². The van der Waals surface area contributed by atoms with Crippen molar-refractivity contribution >= 4 is 11.6 Å². The number of aliphatic hydroxyl groups is 1. The van der Waals surface area contributed by atoms with Crippen molar-refractivity contribution in [2.75, 3.05) is 20.3 Å². The van der Waals surface area contributed by atoms with Crippen molar-refractivity contribution in [1.29, 1.82) is 0 Å². The predicted molar refractivity (Wildman–Crippen MR) is 69.3 cm³/mol. The molecule has 0 aliphatic rings. The Bertz CT molecular complexity index is 388. The van der Waals surface area contributed by atoms with Gasteiger partial charge in [0.25, 0.3) is 0 Å². The lowest BCUT2D eigenvalue weighted by Crippen LogP contribution is -2.24. The summed E-state index contributed by atoms with van der Waals surface area (Å²) in [6.07, 6.45) is 0. The molecule has 0 saturated heterocycles. The second-order valence-electron chi connectivity index (χ2n) is 4.43. The van der Waals surface area contributed by atoms with Gasteiger partial charge in [-0.05, 0) is 19.1 Å². The molecule has 0 radical (unpaired) electrons. The Labute approximate surface area is 107 Å². The zero-order valence-corrected chi connectivity index (χ0v) is 11.5. The molecule has 0 aliphatic carbocycles. The van der Waals surface area contributed by atoms with Gasteiger partial charge in [0.05, 0.1) is 20.3 Å². The fraction of sp³-hybridized carbons (Fsp3) is 0.538. The van der Waals surface area contributed by atoms with Crippen LogP contribution < -0.4 is 9.47 Å². The molecule has 96 valence electrons. The molecule has 0 spiro atoms. The zero-order valence-electron chi connectivity index (χ0n) is 10.7. The topological polar surface area (TPSA) is 38.7 Å². The van der Waals surface area contributed by atoms with Crippen molar-refractivity contribution in [1.82, 2.24) is 0 Å². The summed E-state index contributed by atoms with van der Waals surface area (Å²) in [4.78, 5) is 0. The summed E-state index contributed by atoms with van der Waals surface area (Å²) in [7, 11) is 1.58. The molecule has 1 rings (SSSR count). The maximum Gasteiger partial charge on any atom is 0.166 e. The Morgan fingerprint density at radius 1 is 1.35 bits per heavy atom. The van der Waals surface area contributed by atoms with Crippen molar-refractivity contribution in [2.24, 2.45) is 0 Å². The molecule has 0 atom stereocenters. The summed E-state index contributed by atoms with van der Waals surface area (Å²) in [5.41, 5.74) is 0.304. The van der Waals surface area contributed by atoms with Gasteiger partial charge >= 0.3 is 0 Å². The third-order valence-electron chi connectivity index (χ3n) is 2.65. The summed E-state index contributed by atoms with van der Waals surface area (Å²) in [6.45, 7) is 6.23. The van der Waals surface area contributed by atoms with E-state index in [1.165, 1.54) is 0 Å². The van der Waals surface area contributed by atoms with Crippen LogP contribution in [0.5, 0.6) is 11.5 Å². The highest BCUT2D eigenvalue weighted by Gasteiger charge is 2.28. The number of halogens is 1. The van der Waals surface area contributed by atoms with Gasteiger partial charge in [-0.3, -0.25) is 0 Å². The number of hydrogen-bond donors (Lipinski definition) is 1. The molecule has 0 fully saturated rings. The summed E-state index contributed by atoms with van der Waals surface area (Å²) >= 11 is 6.21. The summed E-state index contributed by atoms with van der Waals surface area (Å²) in [5.74, 6) is 1.24. The van der Waals surface area contributed by atoms with E-state index in [1.54, 1.807) is 19.2 Å². The Kier molecular flexibility index (Phi) is 4.66. The first kappa shape index (κ1) is 14.1. The van der Waals surface area contributed by atoms with Gasteiger partial charge in [0.15, 0.2) is 11.5 Å². The first-order chi connectivity index (χ1) is 7.97. The second kappa shape index (κ2) is 5.61. The number of hydrogen-bond acceptors (Lipinski definition) is 3. The minimum Gasteiger partial charge on any atom is -0.493 e. The minimum absolute atomic E-state index is 0.0139. The Morgan fingerprint density at radius 3 is 2.47 bits per heavy atom. The maximum atomic E-state index is 9.47. The SMILES string of the molecule is CCOc1c(OC)ccc(Cl)c1C(C)(C)CO. The van der Waals surface area contributed by atoms with E-state index in [1.807, 2.05) is 20.8 Å². The fourth-order valence-electron chi connectivity index (χ4n) is 1.70. The third kappa shape index (κ3) is 2.85. The minimum atomic E-state index is -0.476. The van der Waals surface area contributed by atoms with Crippen LogP contribution in [0.25, 0.3) is 0 Å². The lowest BCUT2D eigenvalue weighted by atomic mass is 9.84. The lowest BCUT2D eigenvalue weighted by Gasteiger charge is -2.27. The molecule has 1 N–H and O–H groups in total. The molecule has 0 aliphatic heterocycles. The largest absolute Gasteiger partial charge is 0.493 e. The molecule has 0 amide bonds. The van der Waals surface area contributed by atoms with E-state index in [2.05, 4.69) is 0 Å². The Morgan fingerprint density at radius 2 is 2.00 bits per heavy atom. The quantitative estimate of drug-likeness (QED) is 0.882. The van der Waals surface area contributed by atoms with Crippen LogP contribution in [0.3, 0.4) is 0 Å². The Hall–Kier alpha value is -0.930. The molecule has 17 heavy (non-hydrogen) atoms. The van der Waals surface area contributed by atoms with Crippen LogP contribution >= 0.6 is 11.6 Å². The molecular formula is C13H19ClO3. The molecular weight excluding hydrogens is 240 g/mol. The normalized spacial score (nSPS) is 11.4. The first-order valence-electron chi connectivity index (χ1n) is 5.58. The van der Waals surface area contributed by atoms with E-state index < -0.39 is 5.41 Å². The van der Waals surface area contributed by atoms with Crippen molar-refractivity contribution in [2.45, 2.75) is 26.2 Å². The highest BCUT2D eigenvalue weighted by Crippen LogP contribution is 2.42. The molecule has 0 saturated carbocycles. The van der Waals surface area contributed by atoms with Crippen molar-refractivity contribution in [3.8, 4) is 11.5 Å². The molecule has 3 nitrogen and oxygen atoms in total. The van der Waals surface area contributed by atoms with Gasteiger partial charge in [-0.25, -0.2) is 0 Å². The van der Waals surface area contributed by atoms with Gasteiger partial charge in [-0.1, -0.05) is 25.4 Å². The summed E-state index contributed by atoms with van der Waals surface area (Å²) < 4.78 is 10.9. The fourth-order valence-corrected chi connectivity index (χ4v) is 2.10. The van der Waals surface area contributed by atoms with Gasteiger partial charge in [0, 0.05) is 16.0 Å². The highest BCUT2D eigenvalue weighted by molar-refractivity contribution is 6.31. The van der Waals surface area contributed by atoms with Crippen LogP contribution in [0.4, 0.5) is 0 Å². The summed E-state index contributed by atoms with van der Waals surface area (Å²) in [5, 5.41) is 10.1. The van der Waals surface area contributed by atoms with Crippen molar-refractivity contribution in [3.63, 3.8) is 0 Å². The molecule has 0 unspecified atom stereocenters. The number of aliphatic hydroxyl groups excluding tert-OH is 1. The molecule has 1 aromatic carbocycles. The smallest absolute Gasteiger partial charge is 0.166 e. The van der Waals surface area contributed by atoms with Crippen LogP contribution in [-0.4, -0.2) is 25.4 Å². The second-order valence-corrected chi connectivity index (χ2v) is 4.84. The number of ether oxygens (including phenoxy) is 2. The average molecular weight is 259 g/mol. The molecule has 1 aromatic rings. The number of benzene rings is 1. The first-order valence-corrected chi connectivity index (χ1v) is 5.96. The Balaban J connectivity index is 3.43. The monoisotopic (exact) mass is 258 g/mol. The predicted octanol–water partition coefficient (Wildman–Crippen LogP) is 3.02. The average Bonchev–Trinajstić information content (AvgIpc) is 2.29. The van der Waals surface area contributed by atoms with E-state index in [4.69, 9.17) is 21.1 Å². The maximum absolute atomic E-state index is 9.47. The van der Waals surface area contributed by atoms with Gasteiger partial charge in [0.2, 0.25) is 0 Å². The van der Waals surface area contributed by atoms with E-state index in [-0.39, 0.29) is 6.61 Å². The molecule has 4 heteroatoms. The van der Waals surface area contributed by atoms with Gasteiger partial charge in [-0.15, -0.1) is 0 Å². The van der Waals surface area contributed by atoms with E-state index in [0.717, 1.165) is 5.56 Å². The van der Waals surface area contributed by atoms with Gasteiger partial charge in [0.1, 0.15) is 0 Å².